The summed E-state index contributed by atoms with van der Waals surface area (Å²) in [6.45, 7) is 3.70. The zero-order chi connectivity index (χ0) is 23.2. The number of aromatic nitrogens is 7. The highest BCUT2D eigenvalue weighted by atomic mass is 16.5. The molecular weight excluding hydrogens is 418 g/mol. The number of nitrogen functional groups attached to an aromatic ring is 1. The smallest absolute Gasteiger partial charge is 0.261 e. The topological polar surface area (TPSA) is 125 Å². The van der Waals surface area contributed by atoms with Crippen LogP contribution >= 0.6 is 0 Å². The van der Waals surface area contributed by atoms with Crippen LogP contribution in [-0.2, 0) is 6.54 Å². The van der Waals surface area contributed by atoms with E-state index in [2.05, 4.69) is 35.1 Å². The predicted molar refractivity (Wildman–Crippen MR) is 125 cm³/mol. The lowest BCUT2D eigenvalue weighted by atomic mass is 10.0. The first kappa shape index (κ1) is 22.5. The van der Waals surface area contributed by atoms with Crippen LogP contribution < -0.4 is 5.73 Å². The molecule has 1 fully saturated rings. The molecule has 4 aromatic heterocycles. The van der Waals surface area contributed by atoms with E-state index < -0.39 is 0 Å². The van der Waals surface area contributed by atoms with Crippen molar-refractivity contribution >= 4 is 5.82 Å². The third-order valence-corrected chi connectivity index (χ3v) is 5.06. The number of pyridine rings is 1. The molecule has 10 heteroatoms. The first-order valence-electron chi connectivity index (χ1n) is 11.0. The van der Waals surface area contributed by atoms with Crippen LogP contribution in [0, 0.1) is 0 Å². The minimum Gasteiger partial charge on any atom is -0.382 e. The first-order valence-corrected chi connectivity index (χ1v) is 11.0. The summed E-state index contributed by atoms with van der Waals surface area (Å²) in [5.74, 6) is 1.34. The fourth-order valence-corrected chi connectivity index (χ4v) is 2.86. The van der Waals surface area contributed by atoms with Crippen LogP contribution in [0.15, 0.2) is 47.6 Å². The Morgan fingerprint density at radius 2 is 1.82 bits per heavy atom. The highest BCUT2D eigenvalue weighted by Crippen LogP contribution is 2.25. The molecule has 172 valence electrons. The highest BCUT2D eigenvalue weighted by molar-refractivity contribution is 5.54. The molecule has 1 aliphatic carbocycles. The third-order valence-electron chi connectivity index (χ3n) is 5.06. The van der Waals surface area contributed by atoms with Gasteiger partial charge in [-0.25, -0.2) is 9.97 Å². The molecule has 0 radical (unpaired) electrons. The minimum absolute atomic E-state index is 0.0784. The summed E-state index contributed by atoms with van der Waals surface area (Å²) < 4.78 is 7.33. The molecular formula is C23H29N9O. The second-order valence-corrected chi connectivity index (χ2v) is 8.34. The SMILES string of the molecule is C1CC1.CC(c1ccc(-c2cnc(N)cn2)nc1)c1noc(-c2cnn(CCN(C)C)c2)n1. The second-order valence-electron chi connectivity index (χ2n) is 8.34. The highest BCUT2D eigenvalue weighted by Gasteiger charge is 2.18. The van der Waals surface area contributed by atoms with Gasteiger partial charge in [0.2, 0.25) is 0 Å². The molecule has 0 saturated heterocycles. The first-order chi connectivity index (χ1) is 16.0. The predicted octanol–water partition coefficient (Wildman–Crippen LogP) is 3.25. The largest absolute Gasteiger partial charge is 0.382 e. The van der Waals surface area contributed by atoms with Gasteiger partial charge in [-0.2, -0.15) is 10.1 Å². The van der Waals surface area contributed by atoms with Crippen molar-refractivity contribution in [1.29, 1.82) is 0 Å². The maximum Gasteiger partial charge on any atom is 0.261 e. The van der Waals surface area contributed by atoms with E-state index in [0.717, 1.165) is 29.9 Å². The van der Waals surface area contributed by atoms with Crippen LogP contribution in [0.4, 0.5) is 5.82 Å². The lowest BCUT2D eigenvalue weighted by molar-refractivity contribution is 0.373. The van der Waals surface area contributed by atoms with Crippen molar-refractivity contribution in [2.24, 2.45) is 0 Å². The van der Waals surface area contributed by atoms with Gasteiger partial charge in [-0.05, 0) is 25.7 Å². The molecule has 5 rings (SSSR count). The molecule has 0 aliphatic heterocycles. The number of hydrogen-bond donors (Lipinski definition) is 1. The standard InChI is InChI=1S/C20H23N9O.C3H6/c1-13(14-4-5-16(22-8-14)17-10-24-18(21)11-23-17)19-26-20(30-27-19)15-9-25-29(12-15)7-6-28(2)3;1-2-3-1/h4-5,8-13H,6-7H2,1-3H3,(H2,21,24);1-3H2. The summed E-state index contributed by atoms with van der Waals surface area (Å²) >= 11 is 0. The average molecular weight is 448 g/mol. The molecule has 10 nitrogen and oxygen atoms in total. The minimum atomic E-state index is -0.0784. The van der Waals surface area contributed by atoms with E-state index in [1.54, 1.807) is 18.6 Å². The van der Waals surface area contributed by atoms with Crippen LogP contribution in [-0.4, -0.2) is 60.4 Å². The number of nitrogens with two attached hydrogens (primary N) is 1. The van der Waals surface area contributed by atoms with Crippen molar-refractivity contribution in [1.82, 2.24) is 39.8 Å². The molecule has 1 unspecified atom stereocenters. The Morgan fingerprint density at radius 1 is 1.03 bits per heavy atom. The molecule has 0 amide bonds. The molecule has 33 heavy (non-hydrogen) atoms. The number of hydrogen-bond acceptors (Lipinski definition) is 9. The van der Waals surface area contributed by atoms with Crippen LogP contribution in [0.3, 0.4) is 0 Å². The van der Waals surface area contributed by atoms with Gasteiger partial charge in [-0.1, -0.05) is 37.4 Å². The van der Waals surface area contributed by atoms with E-state index in [0.29, 0.717) is 23.2 Å². The average Bonchev–Trinajstić information content (AvgIpc) is 3.49. The van der Waals surface area contributed by atoms with Gasteiger partial charge < -0.3 is 15.2 Å². The van der Waals surface area contributed by atoms with Gasteiger partial charge in [0.15, 0.2) is 5.82 Å². The number of rotatable bonds is 7. The van der Waals surface area contributed by atoms with E-state index in [1.807, 2.05) is 44.0 Å². The van der Waals surface area contributed by atoms with Crippen LogP contribution in [0.25, 0.3) is 22.8 Å². The van der Waals surface area contributed by atoms with Crippen molar-refractivity contribution in [3.63, 3.8) is 0 Å². The van der Waals surface area contributed by atoms with Crippen LogP contribution in [0.2, 0.25) is 0 Å². The maximum absolute atomic E-state index is 5.58. The second kappa shape index (κ2) is 10.3. The zero-order valence-electron chi connectivity index (χ0n) is 19.2. The van der Waals surface area contributed by atoms with Gasteiger partial charge in [0, 0.05) is 24.9 Å². The Hall–Kier alpha value is -3.66. The molecule has 0 spiro atoms. The fourth-order valence-electron chi connectivity index (χ4n) is 2.86. The molecule has 4 heterocycles. The van der Waals surface area contributed by atoms with Crippen LogP contribution in [0.1, 0.15) is 43.5 Å². The molecule has 1 atom stereocenters. The molecule has 4 aromatic rings. The van der Waals surface area contributed by atoms with Gasteiger partial charge in [-0.3, -0.25) is 9.67 Å². The summed E-state index contributed by atoms with van der Waals surface area (Å²) in [7, 11) is 4.06. The summed E-state index contributed by atoms with van der Waals surface area (Å²) in [5.41, 5.74) is 8.73. The third kappa shape index (κ3) is 6.19. The normalized spacial score (nSPS) is 13.5. The summed E-state index contributed by atoms with van der Waals surface area (Å²) in [6.07, 6.45) is 13.0. The Labute approximate surface area is 192 Å². The summed E-state index contributed by atoms with van der Waals surface area (Å²) in [4.78, 5) is 19.4. The van der Waals surface area contributed by atoms with Crippen molar-refractivity contribution in [3.05, 3.63) is 54.5 Å². The lowest BCUT2D eigenvalue weighted by Crippen LogP contribution is -2.18. The van der Waals surface area contributed by atoms with Crippen molar-refractivity contribution in [2.45, 2.75) is 38.6 Å². The van der Waals surface area contributed by atoms with Crippen molar-refractivity contribution < 1.29 is 4.52 Å². The number of likely N-dealkylation sites (N-methyl/N-ethyl adjacent to an activating group) is 1. The molecule has 2 N–H and O–H groups in total. The lowest BCUT2D eigenvalue weighted by Gasteiger charge is -2.08. The molecule has 0 bridgehead atoms. The number of nitrogens with zero attached hydrogens (tertiary/aromatic N) is 8. The molecule has 0 aromatic carbocycles. The number of anilines is 1. The Morgan fingerprint density at radius 3 is 2.45 bits per heavy atom. The van der Waals surface area contributed by atoms with E-state index in [-0.39, 0.29) is 5.92 Å². The zero-order valence-corrected chi connectivity index (χ0v) is 19.2. The Kier molecular flexibility index (Phi) is 7.04. The Balaban J connectivity index is 0.000000799. The van der Waals surface area contributed by atoms with Gasteiger partial charge in [0.1, 0.15) is 11.5 Å². The van der Waals surface area contributed by atoms with Gasteiger partial charge in [0.05, 0.1) is 36.4 Å². The van der Waals surface area contributed by atoms with Gasteiger partial charge in [0.25, 0.3) is 5.89 Å². The van der Waals surface area contributed by atoms with E-state index >= 15 is 0 Å². The Bertz CT molecular complexity index is 1140. The van der Waals surface area contributed by atoms with E-state index in [9.17, 15) is 0 Å². The van der Waals surface area contributed by atoms with Crippen molar-refractivity contribution in [2.75, 3.05) is 26.4 Å². The molecule has 1 aliphatic rings. The van der Waals surface area contributed by atoms with Crippen molar-refractivity contribution in [3.8, 4) is 22.8 Å². The summed E-state index contributed by atoms with van der Waals surface area (Å²) in [6, 6.07) is 3.86. The summed E-state index contributed by atoms with van der Waals surface area (Å²) in [5, 5.41) is 8.50. The molecule has 1 saturated carbocycles. The van der Waals surface area contributed by atoms with E-state index in [4.69, 9.17) is 10.3 Å². The van der Waals surface area contributed by atoms with Crippen LogP contribution in [0.5, 0.6) is 0 Å². The van der Waals surface area contributed by atoms with Gasteiger partial charge >= 0.3 is 0 Å². The van der Waals surface area contributed by atoms with E-state index in [1.165, 1.54) is 25.5 Å². The maximum atomic E-state index is 5.58. The quantitative estimate of drug-likeness (QED) is 0.454. The van der Waals surface area contributed by atoms with Gasteiger partial charge in [-0.15, -0.1) is 0 Å². The fraction of sp³-hybridized carbons (Fsp3) is 0.391. The monoisotopic (exact) mass is 447 g/mol.